The predicted molar refractivity (Wildman–Crippen MR) is 116 cm³/mol. The van der Waals surface area contributed by atoms with Gasteiger partial charge in [0.05, 0.1) is 17.4 Å². The number of hydrogen-bond acceptors (Lipinski definition) is 4. The number of hydrogen-bond donors (Lipinski definition) is 1. The summed E-state index contributed by atoms with van der Waals surface area (Å²) in [6.45, 7) is 7.77. The van der Waals surface area contributed by atoms with Gasteiger partial charge in [-0.15, -0.1) is 0 Å². The van der Waals surface area contributed by atoms with Gasteiger partial charge in [-0.1, -0.05) is 18.7 Å². The number of pyridine rings is 1. The van der Waals surface area contributed by atoms with Crippen LogP contribution in [0.15, 0.2) is 43.4 Å². The zero-order chi connectivity index (χ0) is 21.3. The van der Waals surface area contributed by atoms with Gasteiger partial charge < -0.3 is 5.32 Å². The molecule has 0 spiro atoms. The molecule has 1 fully saturated rings. The molecule has 3 heterocycles. The van der Waals surface area contributed by atoms with Crippen LogP contribution in [0.5, 0.6) is 0 Å². The molecule has 1 aliphatic rings. The average molecular weight is 409 g/mol. The van der Waals surface area contributed by atoms with Crippen LogP contribution in [0.3, 0.4) is 0 Å². The Morgan fingerprint density at radius 2 is 2.07 bits per heavy atom. The quantitative estimate of drug-likeness (QED) is 0.603. The summed E-state index contributed by atoms with van der Waals surface area (Å²) in [5.41, 5.74) is 5.78. The third-order valence-corrected chi connectivity index (χ3v) is 5.69. The molecular weight excluding hydrogens is 384 g/mol. The van der Waals surface area contributed by atoms with E-state index in [-0.39, 0.29) is 18.9 Å². The van der Waals surface area contributed by atoms with Gasteiger partial charge in [-0.3, -0.25) is 0 Å². The molecule has 0 aliphatic heterocycles. The molecule has 1 N–H and O–H groups in total. The van der Waals surface area contributed by atoms with Crippen molar-refractivity contribution >= 4 is 23.1 Å². The molecule has 3 aromatic heterocycles. The topological polar surface area (TPSA) is 55.1 Å². The molecule has 0 radical (unpaired) electrons. The Hall–Kier alpha value is -3.09. The van der Waals surface area contributed by atoms with Gasteiger partial charge in [-0.05, 0) is 50.0 Å². The number of nitrogens with one attached hydrogen (secondary N) is 1. The largest absolute Gasteiger partial charge is 0.351 e. The van der Waals surface area contributed by atoms with Crippen molar-refractivity contribution in [3.05, 3.63) is 65.8 Å². The number of rotatable bonds is 5. The van der Waals surface area contributed by atoms with Crippen LogP contribution in [0.2, 0.25) is 0 Å². The van der Waals surface area contributed by atoms with Gasteiger partial charge in [0.2, 0.25) is 11.9 Å². The van der Waals surface area contributed by atoms with E-state index in [1.807, 2.05) is 36.7 Å². The maximum absolute atomic E-state index is 13.4. The van der Waals surface area contributed by atoms with Crippen LogP contribution < -0.4 is 5.32 Å². The Bertz CT molecular complexity index is 1110. The standard InChI is InChI=1S/C23H25F2N5/c1-4-16-13-27-30-11-8-17(12-21(16)30)19(5-2)20-14-26-22(28-15(20)3)29-18-6-9-23(24,25)10-7-18/h4-5,8,11-14,18H,1,6-7,9-10H2,2-3H3,(H,26,28,29)/b19-5-. The summed E-state index contributed by atoms with van der Waals surface area (Å²) in [5, 5.41) is 7.55. The van der Waals surface area contributed by atoms with Crippen LogP contribution in [0, 0.1) is 6.92 Å². The first kappa shape index (κ1) is 20.2. The fourth-order valence-electron chi connectivity index (χ4n) is 3.97. The molecule has 30 heavy (non-hydrogen) atoms. The van der Waals surface area contributed by atoms with Crippen molar-refractivity contribution in [3.63, 3.8) is 0 Å². The molecule has 0 amide bonds. The van der Waals surface area contributed by atoms with E-state index in [0.717, 1.165) is 33.5 Å². The van der Waals surface area contributed by atoms with E-state index in [2.05, 4.69) is 33.0 Å². The van der Waals surface area contributed by atoms with E-state index in [9.17, 15) is 8.78 Å². The number of anilines is 1. The van der Waals surface area contributed by atoms with Crippen molar-refractivity contribution < 1.29 is 8.78 Å². The maximum atomic E-state index is 13.4. The Morgan fingerprint density at radius 3 is 2.73 bits per heavy atom. The number of nitrogens with zero attached hydrogens (tertiary/aromatic N) is 4. The van der Waals surface area contributed by atoms with Gasteiger partial charge in [0.25, 0.3) is 0 Å². The van der Waals surface area contributed by atoms with E-state index in [1.165, 1.54) is 0 Å². The Labute approximate surface area is 174 Å². The molecule has 0 atom stereocenters. The summed E-state index contributed by atoms with van der Waals surface area (Å²) >= 11 is 0. The lowest BCUT2D eigenvalue weighted by molar-refractivity contribution is -0.0361. The lowest BCUT2D eigenvalue weighted by Gasteiger charge is -2.28. The zero-order valence-corrected chi connectivity index (χ0v) is 17.2. The number of fused-ring (bicyclic) bond motifs is 1. The second-order valence-electron chi connectivity index (χ2n) is 7.72. The van der Waals surface area contributed by atoms with Gasteiger partial charge in [0.1, 0.15) is 0 Å². The van der Waals surface area contributed by atoms with Crippen molar-refractivity contribution in [1.29, 1.82) is 0 Å². The molecule has 0 aromatic carbocycles. The number of aromatic nitrogens is 4. The Kier molecular flexibility index (Phi) is 5.37. The van der Waals surface area contributed by atoms with Gasteiger partial charge in [-0.25, -0.2) is 23.3 Å². The molecule has 1 saturated carbocycles. The highest BCUT2D eigenvalue weighted by Gasteiger charge is 2.35. The van der Waals surface area contributed by atoms with Crippen LogP contribution in [0.25, 0.3) is 17.2 Å². The molecule has 7 heteroatoms. The maximum Gasteiger partial charge on any atom is 0.248 e. The molecule has 4 rings (SSSR count). The van der Waals surface area contributed by atoms with Crippen LogP contribution >= 0.6 is 0 Å². The summed E-state index contributed by atoms with van der Waals surface area (Å²) in [4.78, 5) is 9.07. The van der Waals surface area contributed by atoms with Crippen molar-refractivity contribution in [3.8, 4) is 0 Å². The highest BCUT2D eigenvalue weighted by molar-refractivity contribution is 5.83. The second-order valence-corrected chi connectivity index (χ2v) is 7.72. The lowest BCUT2D eigenvalue weighted by Crippen LogP contribution is -2.32. The number of allylic oxidation sites excluding steroid dienone is 1. The van der Waals surface area contributed by atoms with Gasteiger partial charge >= 0.3 is 0 Å². The fraction of sp³-hybridized carbons (Fsp3) is 0.348. The smallest absolute Gasteiger partial charge is 0.248 e. The highest BCUT2D eigenvalue weighted by atomic mass is 19.3. The SMILES string of the molecule is C=Cc1cnn2ccc(/C(=C/C)c3cnc(NC4CCC(F)(F)CC4)nc3C)cc12. The predicted octanol–water partition coefficient (Wildman–Crippen LogP) is 5.52. The summed E-state index contributed by atoms with van der Waals surface area (Å²) in [6.07, 6.45) is 10.0. The van der Waals surface area contributed by atoms with E-state index < -0.39 is 5.92 Å². The molecule has 0 saturated heterocycles. The highest BCUT2D eigenvalue weighted by Crippen LogP contribution is 2.34. The number of alkyl halides is 2. The first-order valence-electron chi connectivity index (χ1n) is 10.1. The van der Waals surface area contributed by atoms with Crippen LogP contribution in [0.1, 0.15) is 55.0 Å². The third kappa shape index (κ3) is 3.97. The van der Waals surface area contributed by atoms with Crippen molar-refractivity contribution in [2.45, 2.75) is 51.5 Å². The summed E-state index contributed by atoms with van der Waals surface area (Å²) in [7, 11) is 0. The minimum atomic E-state index is -2.54. The lowest BCUT2D eigenvalue weighted by atomic mass is 9.92. The Morgan fingerprint density at radius 1 is 1.30 bits per heavy atom. The van der Waals surface area contributed by atoms with Gasteiger partial charge in [0, 0.05) is 42.4 Å². The fourth-order valence-corrected chi connectivity index (χ4v) is 3.97. The van der Waals surface area contributed by atoms with Crippen LogP contribution in [0.4, 0.5) is 14.7 Å². The third-order valence-electron chi connectivity index (χ3n) is 5.69. The van der Waals surface area contributed by atoms with Crippen molar-refractivity contribution in [1.82, 2.24) is 19.6 Å². The van der Waals surface area contributed by atoms with E-state index in [0.29, 0.717) is 18.8 Å². The van der Waals surface area contributed by atoms with E-state index >= 15 is 0 Å². The molecular formula is C23H25F2N5. The molecule has 5 nitrogen and oxygen atoms in total. The summed E-state index contributed by atoms with van der Waals surface area (Å²) < 4.78 is 28.6. The summed E-state index contributed by atoms with van der Waals surface area (Å²) in [5.74, 6) is -2.05. The molecule has 156 valence electrons. The van der Waals surface area contributed by atoms with Crippen LogP contribution in [-0.4, -0.2) is 31.5 Å². The summed E-state index contributed by atoms with van der Waals surface area (Å²) in [6, 6.07) is 4.07. The number of halogens is 2. The van der Waals surface area contributed by atoms with Gasteiger partial charge in [-0.2, -0.15) is 5.10 Å². The molecule has 1 aliphatic carbocycles. The molecule has 0 bridgehead atoms. The van der Waals surface area contributed by atoms with Crippen molar-refractivity contribution in [2.75, 3.05) is 5.32 Å². The monoisotopic (exact) mass is 409 g/mol. The van der Waals surface area contributed by atoms with E-state index in [1.54, 1.807) is 18.5 Å². The second kappa shape index (κ2) is 7.97. The first-order chi connectivity index (χ1) is 14.4. The van der Waals surface area contributed by atoms with Crippen molar-refractivity contribution in [2.24, 2.45) is 0 Å². The average Bonchev–Trinajstić information content (AvgIpc) is 3.14. The molecule has 0 unspecified atom stereocenters. The number of aryl methyl sites for hydroxylation is 1. The minimum Gasteiger partial charge on any atom is -0.351 e. The Balaban J connectivity index is 1.58. The molecule has 3 aromatic rings. The zero-order valence-electron chi connectivity index (χ0n) is 17.2. The minimum absolute atomic E-state index is 0.0161. The van der Waals surface area contributed by atoms with E-state index in [4.69, 9.17) is 0 Å². The first-order valence-corrected chi connectivity index (χ1v) is 10.1. The van der Waals surface area contributed by atoms with Gasteiger partial charge in [0.15, 0.2) is 0 Å². The van der Waals surface area contributed by atoms with Crippen LogP contribution in [-0.2, 0) is 0 Å². The normalized spacial score (nSPS) is 17.3.